The van der Waals surface area contributed by atoms with Crippen molar-refractivity contribution in [2.24, 2.45) is 0 Å². The molecule has 1 atom stereocenters. The minimum atomic E-state index is -0.279. The molecule has 1 N–H and O–H groups in total. The summed E-state index contributed by atoms with van der Waals surface area (Å²) in [5, 5.41) is 10.7. The molecule has 2 aromatic rings. The Morgan fingerprint density at radius 3 is 2.29 bits per heavy atom. The van der Waals surface area contributed by atoms with Crippen molar-refractivity contribution in [1.82, 2.24) is 4.90 Å². The molecule has 0 aliphatic carbocycles. The van der Waals surface area contributed by atoms with Gasteiger partial charge in [0, 0.05) is 24.1 Å². The maximum atomic E-state index is 13.1. The van der Waals surface area contributed by atoms with Gasteiger partial charge in [-0.25, -0.2) is 0 Å². The van der Waals surface area contributed by atoms with Crippen LogP contribution in [-0.2, 0) is 5.41 Å². The molecular weight excluding hydrogens is 441 g/mol. The topological polar surface area (TPSA) is 68.2 Å². The summed E-state index contributed by atoms with van der Waals surface area (Å²) in [5.74, 6) is 1.28. The normalized spacial score (nSPS) is 18.8. The summed E-state index contributed by atoms with van der Waals surface area (Å²) < 4.78 is 16.1. The van der Waals surface area contributed by atoms with E-state index in [1.54, 1.807) is 18.2 Å². The fourth-order valence-corrected chi connectivity index (χ4v) is 4.55. The van der Waals surface area contributed by atoms with E-state index in [1.807, 2.05) is 12.1 Å². The molecule has 0 aromatic heterocycles. The lowest BCUT2D eigenvalue weighted by Crippen LogP contribution is -2.34. The number of rotatable bonds is 9. The number of carbonyl (C=O) groups excluding carboxylic acids is 1. The van der Waals surface area contributed by atoms with Gasteiger partial charge in [0.05, 0.1) is 37.9 Å². The van der Waals surface area contributed by atoms with Gasteiger partial charge in [-0.3, -0.25) is 9.69 Å². The summed E-state index contributed by atoms with van der Waals surface area (Å²) in [5.41, 5.74) is 1.24. The van der Waals surface area contributed by atoms with Crippen LogP contribution in [0.25, 0.3) is 0 Å². The Morgan fingerprint density at radius 1 is 1.06 bits per heavy atom. The molecule has 0 saturated carbocycles. The van der Waals surface area contributed by atoms with Gasteiger partial charge in [-0.2, -0.15) is 0 Å². The Balaban J connectivity index is 1.81. The number of ketones is 1. The number of likely N-dealkylation sites (tertiary alicyclic amines) is 1. The zero-order valence-corrected chi connectivity index (χ0v) is 19.4. The Morgan fingerprint density at radius 2 is 1.74 bits per heavy atom. The predicted octanol–water partition coefficient (Wildman–Crippen LogP) is 4.23. The fourth-order valence-electron chi connectivity index (χ4n) is 4.25. The molecule has 8 heteroatoms. The first-order valence-electron chi connectivity index (χ1n) is 9.99. The summed E-state index contributed by atoms with van der Waals surface area (Å²) in [6.45, 7) is 1.67. The number of aliphatic hydroxyl groups excluding tert-OH is 1. The van der Waals surface area contributed by atoms with E-state index in [1.165, 1.54) is 21.3 Å². The molecule has 3 rings (SSSR count). The molecule has 1 saturated heterocycles. The summed E-state index contributed by atoms with van der Waals surface area (Å²) in [6, 6.07) is 8.93. The van der Waals surface area contributed by atoms with Gasteiger partial charge in [0.15, 0.2) is 17.3 Å². The molecule has 1 fully saturated rings. The van der Waals surface area contributed by atoms with E-state index in [0.717, 1.165) is 18.5 Å². The molecule has 2 aromatic carbocycles. The number of halogens is 2. The number of carbonyl (C=O) groups is 1. The van der Waals surface area contributed by atoms with Crippen LogP contribution in [0.3, 0.4) is 0 Å². The fraction of sp³-hybridized carbons (Fsp3) is 0.435. The molecule has 6 nitrogen and oxygen atoms in total. The predicted molar refractivity (Wildman–Crippen MR) is 121 cm³/mol. The van der Waals surface area contributed by atoms with Crippen molar-refractivity contribution in [1.29, 1.82) is 0 Å². The first-order chi connectivity index (χ1) is 14.9. The second-order valence-corrected chi connectivity index (χ2v) is 8.50. The highest BCUT2D eigenvalue weighted by molar-refractivity contribution is 6.42. The third-order valence-corrected chi connectivity index (χ3v) is 6.65. The highest BCUT2D eigenvalue weighted by atomic mass is 35.5. The van der Waals surface area contributed by atoms with Gasteiger partial charge >= 0.3 is 0 Å². The molecule has 1 heterocycles. The van der Waals surface area contributed by atoms with E-state index in [-0.39, 0.29) is 24.3 Å². The summed E-state index contributed by atoms with van der Waals surface area (Å²) in [4.78, 5) is 15.2. The molecule has 31 heavy (non-hydrogen) atoms. The molecule has 0 bridgehead atoms. The van der Waals surface area contributed by atoms with Crippen LogP contribution in [0, 0.1) is 0 Å². The average Bonchev–Trinajstić information content (AvgIpc) is 3.18. The number of methoxy groups -OCH3 is 3. The third kappa shape index (κ3) is 4.93. The van der Waals surface area contributed by atoms with Crippen molar-refractivity contribution < 1.29 is 24.1 Å². The van der Waals surface area contributed by atoms with Crippen LogP contribution in [0.15, 0.2) is 30.3 Å². The largest absolute Gasteiger partial charge is 0.493 e. The molecule has 1 aliphatic heterocycles. The number of ether oxygens (including phenoxy) is 3. The number of nitrogens with zero attached hydrogens (tertiary/aromatic N) is 1. The Bertz CT molecular complexity index is 927. The third-order valence-electron chi connectivity index (χ3n) is 5.91. The maximum absolute atomic E-state index is 13.1. The van der Waals surface area contributed by atoms with Crippen molar-refractivity contribution in [2.75, 3.05) is 47.6 Å². The smallest absolute Gasteiger partial charge is 0.203 e. The van der Waals surface area contributed by atoms with Crippen LogP contribution in [-0.4, -0.2) is 63.4 Å². The van der Waals surface area contributed by atoms with E-state index >= 15 is 0 Å². The van der Waals surface area contributed by atoms with Gasteiger partial charge in [-0.1, -0.05) is 29.3 Å². The summed E-state index contributed by atoms with van der Waals surface area (Å²) >= 11 is 12.3. The Labute approximate surface area is 192 Å². The number of hydrogen-bond donors (Lipinski definition) is 1. The van der Waals surface area contributed by atoms with Crippen molar-refractivity contribution in [3.05, 3.63) is 51.5 Å². The highest BCUT2D eigenvalue weighted by Crippen LogP contribution is 2.41. The minimum absolute atomic E-state index is 0.0480. The molecule has 168 valence electrons. The van der Waals surface area contributed by atoms with Gasteiger partial charge in [0.1, 0.15) is 0 Å². The van der Waals surface area contributed by atoms with Crippen molar-refractivity contribution in [3.63, 3.8) is 0 Å². The van der Waals surface area contributed by atoms with Gasteiger partial charge in [-0.05, 0) is 49.2 Å². The lowest BCUT2D eigenvalue weighted by Gasteiger charge is -2.30. The van der Waals surface area contributed by atoms with Gasteiger partial charge < -0.3 is 19.3 Å². The van der Waals surface area contributed by atoms with Crippen LogP contribution < -0.4 is 14.2 Å². The number of Topliss-reactive ketones (excluding diaryl/α,β-unsaturated/α-hetero) is 1. The number of hydrogen-bond acceptors (Lipinski definition) is 6. The van der Waals surface area contributed by atoms with Gasteiger partial charge in [0.2, 0.25) is 5.75 Å². The molecule has 1 unspecified atom stereocenters. The molecular formula is C23H27Cl2NO5. The monoisotopic (exact) mass is 467 g/mol. The zero-order valence-electron chi connectivity index (χ0n) is 17.9. The van der Waals surface area contributed by atoms with Crippen molar-refractivity contribution in [3.8, 4) is 17.2 Å². The molecule has 0 spiro atoms. The quantitative estimate of drug-likeness (QED) is 0.556. The van der Waals surface area contributed by atoms with Gasteiger partial charge in [0.25, 0.3) is 0 Å². The second kappa shape index (κ2) is 10.1. The highest BCUT2D eigenvalue weighted by Gasteiger charge is 2.40. The van der Waals surface area contributed by atoms with E-state index in [4.69, 9.17) is 37.4 Å². The van der Waals surface area contributed by atoms with Crippen LogP contribution in [0.1, 0.15) is 28.8 Å². The number of benzene rings is 2. The Kier molecular flexibility index (Phi) is 7.70. The first-order valence-corrected chi connectivity index (χ1v) is 10.7. The lowest BCUT2D eigenvalue weighted by atomic mass is 9.77. The summed E-state index contributed by atoms with van der Waals surface area (Å²) in [6.07, 6.45) is 1.40. The molecule has 1 aliphatic rings. The number of aliphatic hydroxyl groups is 1. The zero-order chi connectivity index (χ0) is 22.6. The summed E-state index contributed by atoms with van der Waals surface area (Å²) in [7, 11) is 4.56. The van der Waals surface area contributed by atoms with Crippen LogP contribution >= 0.6 is 23.2 Å². The lowest BCUT2D eigenvalue weighted by molar-refractivity contribution is 0.0940. The van der Waals surface area contributed by atoms with E-state index in [9.17, 15) is 9.90 Å². The van der Waals surface area contributed by atoms with Crippen LogP contribution in [0.5, 0.6) is 17.2 Å². The first kappa shape index (κ1) is 23.7. The van der Waals surface area contributed by atoms with E-state index < -0.39 is 0 Å². The van der Waals surface area contributed by atoms with Gasteiger partial charge in [-0.15, -0.1) is 0 Å². The standard InChI is InChI=1S/C23H27Cl2NO5/c1-29-20-10-15(11-21(30-2)22(20)31-3)19(28)13-26-8-6-23(14-26,7-9-27)16-4-5-17(24)18(25)12-16/h4-5,10-12,27H,6-9,13-14H2,1-3H3. The van der Waals surface area contributed by atoms with Crippen molar-refractivity contribution in [2.45, 2.75) is 18.3 Å². The Hall–Kier alpha value is -1.99. The second-order valence-electron chi connectivity index (χ2n) is 7.68. The van der Waals surface area contributed by atoms with E-state index in [0.29, 0.717) is 45.8 Å². The maximum Gasteiger partial charge on any atom is 0.203 e. The van der Waals surface area contributed by atoms with Crippen LogP contribution in [0.4, 0.5) is 0 Å². The minimum Gasteiger partial charge on any atom is -0.493 e. The van der Waals surface area contributed by atoms with Crippen molar-refractivity contribution >= 4 is 29.0 Å². The SMILES string of the molecule is COc1cc(C(=O)CN2CCC(CCO)(c3ccc(Cl)c(Cl)c3)C2)cc(OC)c1OC. The molecule has 0 amide bonds. The van der Waals surface area contributed by atoms with E-state index in [2.05, 4.69) is 4.90 Å². The average molecular weight is 468 g/mol. The van der Waals surface area contributed by atoms with Crippen LogP contribution in [0.2, 0.25) is 10.0 Å². The molecule has 0 radical (unpaired) electrons.